The van der Waals surface area contributed by atoms with Gasteiger partial charge in [-0.2, -0.15) is 9.78 Å². The summed E-state index contributed by atoms with van der Waals surface area (Å²) in [7, 11) is 1.44. The van der Waals surface area contributed by atoms with Crippen molar-refractivity contribution in [3.05, 3.63) is 59.3 Å². The molecule has 0 aliphatic heterocycles. The molecule has 0 bridgehead atoms. The molecule has 2 aromatic heterocycles. The lowest BCUT2D eigenvalue weighted by atomic mass is 10.1. The van der Waals surface area contributed by atoms with Gasteiger partial charge in [0.1, 0.15) is 5.69 Å². The lowest BCUT2D eigenvalue weighted by Gasteiger charge is -2.06. The van der Waals surface area contributed by atoms with Crippen molar-refractivity contribution >= 4 is 17.9 Å². The molecule has 0 aliphatic rings. The molecule has 12 heteroatoms. The fraction of sp³-hybridized carbons (Fsp3) is 0.100. The normalized spacial score (nSPS) is 11.1. The Kier molecular flexibility index (Phi) is 5.49. The Bertz CT molecular complexity index is 1290. The molecule has 2 aromatic carbocycles. The smallest absolute Gasteiger partial charge is 0.294 e. The second kappa shape index (κ2) is 8.55. The summed E-state index contributed by atoms with van der Waals surface area (Å²) in [4.78, 5) is 12.9. The van der Waals surface area contributed by atoms with Crippen LogP contribution in [0.1, 0.15) is 21.6 Å². The second-order valence-corrected chi connectivity index (χ2v) is 6.63. The number of benzene rings is 2. The zero-order valence-electron chi connectivity index (χ0n) is 17.1. The molecule has 0 saturated carbocycles. The van der Waals surface area contributed by atoms with Crippen LogP contribution in [0.15, 0.2) is 52.2 Å². The van der Waals surface area contributed by atoms with Crippen LogP contribution in [-0.2, 0) is 0 Å². The molecule has 4 rings (SSSR count). The fourth-order valence-corrected chi connectivity index (χ4v) is 2.91. The number of methoxy groups -OCH3 is 1. The molecule has 162 valence electrons. The lowest BCUT2D eigenvalue weighted by molar-refractivity contribution is 0.0950. The standard InChI is InChI=1S/C20H18N8O4/c1-11-6-8-12(9-7-11)16-15(23-27-28(16)19-18(21)25-32-26-19)20(30)24-22-10-13-4-3-5-14(31-2)17(13)29/h3-10,29H,1-2H3,(H2,21,25)(H,24,30). The Balaban J connectivity index is 1.67. The molecule has 32 heavy (non-hydrogen) atoms. The third kappa shape index (κ3) is 3.84. The van der Waals surface area contributed by atoms with Crippen LogP contribution in [0, 0.1) is 6.92 Å². The summed E-state index contributed by atoms with van der Waals surface area (Å²) in [6.45, 7) is 1.94. The van der Waals surface area contributed by atoms with E-state index in [1.54, 1.807) is 18.2 Å². The number of rotatable bonds is 6. The Morgan fingerprint density at radius 3 is 2.72 bits per heavy atom. The summed E-state index contributed by atoms with van der Waals surface area (Å²) in [6, 6.07) is 12.3. The minimum Gasteiger partial charge on any atom is -0.504 e. The van der Waals surface area contributed by atoms with E-state index < -0.39 is 5.91 Å². The molecule has 0 fully saturated rings. The topological polar surface area (TPSA) is 167 Å². The number of aromatic nitrogens is 5. The molecule has 0 radical (unpaired) electrons. The van der Waals surface area contributed by atoms with Gasteiger partial charge in [-0.25, -0.2) is 10.1 Å². The van der Waals surface area contributed by atoms with Crippen molar-refractivity contribution in [3.63, 3.8) is 0 Å². The van der Waals surface area contributed by atoms with Crippen molar-refractivity contribution in [1.82, 2.24) is 30.7 Å². The Labute approximate surface area is 181 Å². The minimum atomic E-state index is -0.638. The van der Waals surface area contributed by atoms with Gasteiger partial charge in [0.15, 0.2) is 17.2 Å². The van der Waals surface area contributed by atoms with Crippen molar-refractivity contribution in [2.45, 2.75) is 6.92 Å². The van der Waals surface area contributed by atoms with Crippen LogP contribution in [0.3, 0.4) is 0 Å². The highest BCUT2D eigenvalue weighted by Gasteiger charge is 2.25. The summed E-state index contributed by atoms with van der Waals surface area (Å²) in [5, 5.41) is 29.3. The van der Waals surface area contributed by atoms with Gasteiger partial charge in [0.25, 0.3) is 5.91 Å². The van der Waals surface area contributed by atoms with E-state index in [1.165, 1.54) is 18.0 Å². The number of nitrogens with two attached hydrogens (primary N) is 1. The predicted octanol–water partition coefficient (Wildman–Crippen LogP) is 1.69. The van der Waals surface area contributed by atoms with Crippen LogP contribution < -0.4 is 15.9 Å². The van der Waals surface area contributed by atoms with Crippen molar-refractivity contribution in [1.29, 1.82) is 0 Å². The maximum Gasteiger partial charge on any atom is 0.294 e. The number of hydrazone groups is 1. The van der Waals surface area contributed by atoms with Gasteiger partial charge in [-0.05, 0) is 29.4 Å². The highest BCUT2D eigenvalue weighted by Crippen LogP contribution is 2.28. The number of aromatic hydroxyl groups is 1. The Morgan fingerprint density at radius 1 is 1.25 bits per heavy atom. The Hall–Kier alpha value is -4.74. The monoisotopic (exact) mass is 434 g/mol. The van der Waals surface area contributed by atoms with Crippen LogP contribution in [0.4, 0.5) is 5.82 Å². The molecule has 0 saturated heterocycles. The van der Waals surface area contributed by atoms with E-state index in [4.69, 9.17) is 10.5 Å². The fourth-order valence-electron chi connectivity index (χ4n) is 2.91. The number of anilines is 1. The zero-order valence-corrected chi connectivity index (χ0v) is 17.1. The number of phenols is 1. The number of nitrogens with one attached hydrogen (secondary N) is 1. The molecule has 0 spiro atoms. The molecule has 2 heterocycles. The molecule has 12 nitrogen and oxygen atoms in total. The molecule has 0 aliphatic carbocycles. The number of amides is 1. The zero-order chi connectivity index (χ0) is 22.7. The summed E-state index contributed by atoms with van der Waals surface area (Å²) in [5.41, 5.74) is 10.5. The van der Waals surface area contributed by atoms with E-state index >= 15 is 0 Å². The molecule has 0 atom stereocenters. The van der Waals surface area contributed by atoms with Crippen molar-refractivity contribution < 1.29 is 19.3 Å². The van der Waals surface area contributed by atoms with Gasteiger partial charge in [0.2, 0.25) is 11.6 Å². The summed E-state index contributed by atoms with van der Waals surface area (Å²) >= 11 is 0. The van der Waals surface area contributed by atoms with Crippen LogP contribution >= 0.6 is 0 Å². The average molecular weight is 434 g/mol. The number of hydrogen-bond donors (Lipinski definition) is 3. The number of nitrogen functional groups attached to an aromatic ring is 1. The van der Waals surface area contributed by atoms with E-state index in [0.29, 0.717) is 16.8 Å². The van der Waals surface area contributed by atoms with Crippen molar-refractivity contribution in [2.24, 2.45) is 5.10 Å². The SMILES string of the molecule is COc1cccc(C=NNC(=O)c2nnn(-c3nonc3N)c2-c2ccc(C)cc2)c1O. The van der Waals surface area contributed by atoms with E-state index in [2.05, 4.69) is 35.8 Å². The van der Waals surface area contributed by atoms with E-state index in [0.717, 1.165) is 5.56 Å². The number of phenolic OH excluding ortho intramolecular Hbond substituents is 1. The van der Waals surface area contributed by atoms with Gasteiger partial charge in [-0.3, -0.25) is 4.79 Å². The van der Waals surface area contributed by atoms with Gasteiger partial charge in [-0.1, -0.05) is 41.1 Å². The van der Waals surface area contributed by atoms with Crippen LogP contribution in [0.5, 0.6) is 11.5 Å². The van der Waals surface area contributed by atoms with Crippen LogP contribution in [0.25, 0.3) is 17.1 Å². The number of aryl methyl sites for hydroxylation is 1. The third-order valence-electron chi connectivity index (χ3n) is 4.53. The Morgan fingerprint density at radius 2 is 2.03 bits per heavy atom. The van der Waals surface area contributed by atoms with Gasteiger partial charge < -0.3 is 15.6 Å². The molecule has 0 unspecified atom stereocenters. The summed E-state index contributed by atoms with van der Waals surface area (Å²) in [5.74, 6) is -0.379. The first-order valence-corrected chi connectivity index (χ1v) is 9.30. The predicted molar refractivity (Wildman–Crippen MR) is 114 cm³/mol. The van der Waals surface area contributed by atoms with Crippen molar-refractivity contribution in [2.75, 3.05) is 12.8 Å². The van der Waals surface area contributed by atoms with Crippen molar-refractivity contribution in [3.8, 4) is 28.6 Å². The van der Waals surface area contributed by atoms with Gasteiger partial charge in [0.05, 0.1) is 13.3 Å². The third-order valence-corrected chi connectivity index (χ3v) is 4.53. The second-order valence-electron chi connectivity index (χ2n) is 6.63. The van der Waals surface area contributed by atoms with Gasteiger partial charge in [0, 0.05) is 11.1 Å². The maximum atomic E-state index is 12.9. The quantitative estimate of drug-likeness (QED) is 0.302. The molecule has 4 aromatic rings. The van der Waals surface area contributed by atoms with Crippen LogP contribution in [0.2, 0.25) is 0 Å². The summed E-state index contributed by atoms with van der Waals surface area (Å²) < 4.78 is 11.0. The number of para-hydroxylation sites is 1. The molecule has 1 amide bonds. The lowest BCUT2D eigenvalue weighted by Crippen LogP contribution is -2.19. The van der Waals surface area contributed by atoms with Gasteiger partial charge in [-0.15, -0.1) is 5.10 Å². The number of carbonyl (C=O) groups is 1. The van der Waals surface area contributed by atoms with E-state index in [1.807, 2.05) is 31.2 Å². The average Bonchev–Trinajstić information content (AvgIpc) is 3.41. The molecular formula is C20H18N8O4. The molecule has 4 N–H and O–H groups in total. The minimum absolute atomic E-state index is 0.0123. The number of nitrogens with zero attached hydrogens (tertiary/aromatic N) is 6. The first-order chi connectivity index (χ1) is 15.5. The maximum absolute atomic E-state index is 12.9. The van der Waals surface area contributed by atoms with Gasteiger partial charge >= 0.3 is 0 Å². The number of carbonyl (C=O) groups excluding carboxylic acids is 1. The first-order valence-electron chi connectivity index (χ1n) is 9.30. The first kappa shape index (κ1) is 20.5. The summed E-state index contributed by atoms with van der Waals surface area (Å²) in [6.07, 6.45) is 1.28. The van der Waals surface area contributed by atoms with E-state index in [-0.39, 0.29) is 28.8 Å². The van der Waals surface area contributed by atoms with E-state index in [9.17, 15) is 9.90 Å². The highest BCUT2D eigenvalue weighted by molar-refractivity contribution is 5.99. The highest BCUT2D eigenvalue weighted by atomic mass is 16.6. The largest absolute Gasteiger partial charge is 0.504 e. The molecular weight excluding hydrogens is 416 g/mol. The number of ether oxygens (including phenoxy) is 1. The van der Waals surface area contributed by atoms with Crippen LogP contribution in [-0.4, -0.2) is 49.6 Å². The number of hydrogen-bond acceptors (Lipinski definition) is 10.